The van der Waals surface area contributed by atoms with Gasteiger partial charge in [-0.3, -0.25) is 0 Å². The van der Waals surface area contributed by atoms with Crippen LogP contribution in [0.1, 0.15) is 15.9 Å². The molecule has 0 aromatic heterocycles. The van der Waals surface area contributed by atoms with Crippen LogP contribution in [0.15, 0.2) is 18.2 Å². The first-order valence-electron chi connectivity index (χ1n) is 5.03. The molecule has 5 N–H and O–H groups in total. The Morgan fingerprint density at radius 2 is 2.18 bits per heavy atom. The van der Waals surface area contributed by atoms with Crippen molar-refractivity contribution in [1.29, 1.82) is 0 Å². The molecule has 1 rings (SSSR count). The average Bonchev–Trinajstić information content (AvgIpc) is 2.28. The minimum absolute atomic E-state index is 0.110. The fourth-order valence-corrected chi connectivity index (χ4v) is 2.31. The summed E-state index contributed by atoms with van der Waals surface area (Å²) in [6.07, 6.45) is -0.783. The summed E-state index contributed by atoms with van der Waals surface area (Å²) in [5, 5.41) is 26.8. The van der Waals surface area contributed by atoms with Gasteiger partial charge in [-0.2, -0.15) is 11.8 Å². The lowest BCUT2D eigenvalue weighted by molar-refractivity contribution is 0.0697. The first kappa shape index (κ1) is 13.8. The third kappa shape index (κ3) is 3.92. The average molecular weight is 257 g/mol. The molecule has 0 aliphatic heterocycles. The molecule has 0 saturated carbocycles. The van der Waals surface area contributed by atoms with Gasteiger partial charge in [-0.15, -0.1) is 0 Å². The molecule has 0 bridgehead atoms. The maximum absolute atomic E-state index is 11.0. The molecule has 1 atom stereocenters. The summed E-state index contributed by atoms with van der Waals surface area (Å²) in [5.74, 6) is -0.268. The Labute approximate surface area is 103 Å². The second-order valence-corrected chi connectivity index (χ2v) is 4.57. The van der Waals surface area contributed by atoms with Crippen LogP contribution in [0.4, 0.5) is 5.69 Å². The van der Waals surface area contributed by atoms with E-state index in [1.165, 1.54) is 11.8 Å². The molecule has 0 radical (unpaired) electrons. The van der Waals surface area contributed by atoms with E-state index >= 15 is 0 Å². The second-order valence-electron chi connectivity index (χ2n) is 3.54. The smallest absolute Gasteiger partial charge is 0.338 e. The number of aromatic carboxylic acids is 1. The number of carbonyl (C=O) groups is 1. The van der Waals surface area contributed by atoms with E-state index in [4.69, 9.17) is 21.1 Å². The van der Waals surface area contributed by atoms with E-state index in [1.807, 2.05) is 0 Å². The highest BCUT2D eigenvalue weighted by molar-refractivity contribution is 7.98. The summed E-state index contributed by atoms with van der Waals surface area (Å²) in [4.78, 5) is 11.0. The van der Waals surface area contributed by atoms with Crippen molar-refractivity contribution in [1.82, 2.24) is 0 Å². The lowest BCUT2D eigenvalue weighted by Crippen LogP contribution is -2.15. The summed E-state index contributed by atoms with van der Waals surface area (Å²) < 4.78 is 0. The fourth-order valence-electron chi connectivity index (χ4n) is 1.36. The molecule has 5 nitrogen and oxygen atoms in total. The van der Waals surface area contributed by atoms with Gasteiger partial charge >= 0.3 is 5.97 Å². The number of aliphatic hydroxyl groups excluding tert-OH is 2. The number of aliphatic hydroxyl groups is 2. The van der Waals surface area contributed by atoms with Crippen LogP contribution in [-0.4, -0.2) is 39.8 Å². The number of nitrogen functional groups attached to an aromatic ring is 1. The zero-order valence-electron chi connectivity index (χ0n) is 9.17. The van der Waals surface area contributed by atoms with Gasteiger partial charge in [-0.05, 0) is 11.6 Å². The summed E-state index contributed by atoms with van der Waals surface area (Å²) in [6.45, 7) is -0.296. The summed E-state index contributed by atoms with van der Waals surface area (Å²) in [6, 6.07) is 4.93. The maximum atomic E-state index is 11.0. The van der Waals surface area contributed by atoms with Crippen LogP contribution in [0.25, 0.3) is 0 Å². The predicted octanol–water partition coefficient (Wildman–Crippen LogP) is 0.553. The standard InChI is InChI=1S/C11H15NO4S/c12-9-3-1-2-7(10(9)11(15)16)5-17-6-8(14)4-13/h1-3,8,13-14H,4-6,12H2,(H,15,16). The summed E-state index contributed by atoms with van der Waals surface area (Å²) in [7, 11) is 0. The Bertz CT molecular complexity index is 397. The highest BCUT2D eigenvalue weighted by atomic mass is 32.2. The number of thioether (sulfide) groups is 1. The highest BCUT2D eigenvalue weighted by Crippen LogP contribution is 2.22. The molecule has 0 spiro atoms. The number of hydrogen-bond donors (Lipinski definition) is 4. The second kappa shape index (κ2) is 6.48. The molecular formula is C11H15NO4S. The lowest BCUT2D eigenvalue weighted by Gasteiger charge is -2.10. The van der Waals surface area contributed by atoms with Crippen LogP contribution < -0.4 is 5.73 Å². The van der Waals surface area contributed by atoms with E-state index in [1.54, 1.807) is 18.2 Å². The molecule has 94 valence electrons. The van der Waals surface area contributed by atoms with Crippen molar-refractivity contribution >= 4 is 23.4 Å². The molecule has 0 saturated heterocycles. The number of carboxylic acids is 1. The normalized spacial score (nSPS) is 12.4. The Balaban J connectivity index is 2.71. The third-order valence-electron chi connectivity index (χ3n) is 2.18. The molecule has 1 aromatic carbocycles. The number of rotatable bonds is 6. The van der Waals surface area contributed by atoms with Gasteiger partial charge in [0.25, 0.3) is 0 Å². The largest absolute Gasteiger partial charge is 0.478 e. The monoisotopic (exact) mass is 257 g/mol. The van der Waals surface area contributed by atoms with Crippen LogP contribution in [-0.2, 0) is 5.75 Å². The molecule has 1 aromatic rings. The van der Waals surface area contributed by atoms with Gasteiger partial charge in [0.15, 0.2) is 0 Å². The van der Waals surface area contributed by atoms with E-state index < -0.39 is 12.1 Å². The van der Waals surface area contributed by atoms with Crippen molar-refractivity contribution in [3.8, 4) is 0 Å². The third-order valence-corrected chi connectivity index (χ3v) is 3.31. The van der Waals surface area contributed by atoms with Crippen molar-refractivity contribution in [3.05, 3.63) is 29.3 Å². The van der Waals surface area contributed by atoms with E-state index in [9.17, 15) is 4.79 Å². The Morgan fingerprint density at radius 1 is 1.47 bits per heavy atom. The van der Waals surface area contributed by atoms with Crippen molar-refractivity contribution in [2.24, 2.45) is 0 Å². The number of benzene rings is 1. The fraction of sp³-hybridized carbons (Fsp3) is 0.364. The number of anilines is 1. The number of carboxylic acid groups (broad SMARTS) is 1. The van der Waals surface area contributed by atoms with Crippen molar-refractivity contribution < 1.29 is 20.1 Å². The minimum atomic E-state index is -1.05. The molecule has 1 unspecified atom stereocenters. The molecule has 0 fully saturated rings. The van der Waals surface area contributed by atoms with Gasteiger partial charge < -0.3 is 21.1 Å². The highest BCUT2D eigenvalue weighted by Gasteiger charge is 2.13. The van der Waals surface area contributed by atoms with Crippen LogP contribution in [0.5, 0.6) is 0 Å². The number of hydrogen-bond acceptors (Lipinski definition) is 5. The van der Waals surface area contributed by atoms with Gasteiger partial charge in [0, 0.05) is 17.2 Å². The van der Waals surface area contributed by atoms with Gasteiger partial charge in [0.1, 0.15) is 0 Å². The van der Waals surface area contributed by atoms with Crippen LogP contribution >= 0.6 is 11.8 Å². The van der Waals surface area contributed by atoms with E-state index in [0.717, 1.165) is 0 Å². The van der Waals surface area contributed by atoms with Gasteiger partial charge in [0.2, 0.25) is 0 Å². The SMILES string of the molecule is Nc1cccc(CSCC(O)CO)c1C(=O)O. The van der Waals surface area contributed by atoms with Crippen molar-refractivity contribution in [3.63, 3.8) is 0 Å². The van der Waals surface area contributed by atoms with E-state index in [-0.39, 0.29) is 17.9 Å². The van der Waals surface area contributed by atoms with Gasteiger partial charge in [-0.25, -0.2) is 4.79 Å². The maximum Gasteiger partial charge on any atom is 0.338 e. The van der Waals surface area contributed by atoms with Crippen LogP contribution in [0.2, 0.25) is 0 Å². The minimum Gasteiger partial charge on any atom is -0.478 e. The summed E-state index contributed by atoms with van der Waals surface area (Å²) >= 11 is 1.35. The Hall–Kier alpha value is -1.24. The Kier molecular flexibility index (Phi) is 5.27. The van der Waals surface area contributed by atoms with Crippen LogP contribution in [0.3, 0.4) is 0 Å². The van der Waals surface area contributed by atoms with Crippen molar-refractivity contribution in [2.45, 2.75) is 11.9 Å². The first-order valence-corrected chi connectivity index (χ1v) is 6.19. The summed E-state index contributed by atoms with van der Waals surface area (Å²) in [5.41, 5.74) is 6.56. The lowest BCUT2D eigenvalue weighted by atomic mass is 10.1. The van der Waals surface area contributed by atoms with Crippen molar-refractivity contribution in [2.75, 3.05) is 18.1 Å². The quantitative estimate of drug-likeness (QED) is 0.555. The molecular weight excluding hydrogens is 242 g/mol. The first-order chi connectivity index (χ1) is 8.06. The molecule has 6 heteroatoms. The zero-order chi connectivity index (χ0) is 12.8. The Morgan fingerprint density at radius 3 is 2.76 bits per heavy atom. The van der Waals surface area contributed by atoms with Gasteiger partial charge in [-0.1, -0.05) is 12.1 Å². The van der Waals surface area contributed by atoms with Crippen LogP contribution in [0, 0.1) is 0 Å². The topological polar surface area (TPSA) is 104 Å². The molecule has 0 aliphatic carbocycles. The molecule has 0 amide bonds. The predicted molar refractivity (Wildman–Crippen MR) is 67.1 cm³/mol. The zero-order valence-corrected chi connectivity index (χ0v) is 9.98. The van der Waals surface area contributed by atoms with E-state index in [0.29, 0.717) is 17.1 Å². The molecule has 0 heterocycles. The molecule has 17 heavy (non-hydrogen) atoms. The molecule has 0 aliphatic rings. The van der Waals surface area contributed by atoms with E-state index in [2.05, 4.69) is 0 Å². The van der Waals surface area contributed by atoms with Gasteiger partial charge in [0.05, 0.1) is 18.3 Å². The number of nitrogens with two attached hydrogens (primary N) is 1.